The van der Waals surface area contributed by atoms with Crippen LogP contribution in [0, 0.1) is 5.92 Å². The number of nitrogens with one attached hydrogen (secondary N) is 2. The van der Waals surface area contributed by atoms with Crippen LogP contribution in [0.15, 0.2) is 60.9 Å². The summed E-state index contributed by atoms with van der Waals surface area (Å²) in [5.41, 5.74) is 2.74. The third-order valence-electron chi connectivity index (χ3n) is 6.16. The van der Waals surface area contributed by atoms with E-state index in [1.165, 1.54) is 0 Å². The lowest BCUT2D eigenvalue weighted by molar-refractivity contribution is -0.117. The summed E-state index contributed by atoms with van der Waals surface area (Å²) in [6, 6.07) is 15.9. The highest BCUT2D eigenvalue weighted by molar-refractivity contribution is 5.95. The van der Waals surface area contributed by atoms with Gasteiger partial charge >= 0.3 is 0 Å². The molecule has 4 heterocycles. The molecule has 4 aromatic rings. The van der Waals surface area contributed by atoms with Crippen molar-refractivity contribution in [2.24, 2.45) is 5.92 Å². The number of pyridine rings is 1. The van der Waals surface area contributed by atoms with Gasteiger partial charge in [0.05, 0.1) is 11.6 Å². The van der Waals surface area contributed by atoms with Gasteiger partial charge in [0.1, 0.15) is 5.82 Å². The zero-order chi connectivity index (χ0) is 24.2. The molecule has 0 bridgehead atoms. The molecule has 1 fully saturated rings. The minimum Gasteiger partial charge on any atom is -0.369 e. The molecule has 1 amide bonds. The fourth-order valence-corrected chi connectivity index (χ4v) is 4.38. The number of carbonyl (C=O) groups is 1. The Morgan fingerprint density at radius 3 is 2.66 bits per heavy atom. The summed E-state index contributed by atoms with van der Waals surface area (Å²) in [6.07, 6.45) is 4.89. The first-order chi connectivity index (χ1) is 17.1. The van der Waals surface area contributed by atoms with Gasteiger partial charge in [-0.25, -0.2) is 4.68 Å². The Hall–Kier alpha value is -4.01. The van der Waals surface area contributed by atoms with Crippen molar-refractivity contribution < 1.29 is 4.79 Å². The second-order valence-electron chi connectivity index (χ2n) is 9.10. The topological polar surface area (TPSA) is 101 Å². The van der Waals surface area contributed by atoms with Crippen LogP contribution in [0.5, 0.6) is 0 Å². The molecule has 0 radical (unpaired) electrons. The Balaban J connectivity index is 1.31. The van der Waals surface area contributed by atoms with E-state index < -0.39 is 0 Å². The average Bonchev–Trinajstić information content (AvgIpc) is 3.47. The van der Waals surface area contributed by atoms with Crippen LogP contribution >= 0.6 is 0 Å². The van der Waals surface area contributed by atoms with E-state index in [1.54, 1.807) is 6.20 Å². The lowest BCUT2D eigenvalue weighted by Gasteiger charge is -2.17. The molecular formula is C26H30N8O. The molecule has 180 valence electrons. The molecule has 1 unspecified atom stereocenters. The zero-order valence-corrected chi connectivity index (χ0v) is 20.1. The minimum absolute atomic E-state index is 0.153. The maximum atomic E-state index is 12.6. The van der Waals surface area contributed by atoms with E-state index in [1.807, 2.05) is 64.3 Å². The number of fused-ring (bicyclic) bond motifs is 1. The highest BCUT2D eigenvalue weighted by atomic mass is 16.2. The summed E-state index contributed by atoms with van der Waals surface area (Å²) in [4.78, 5) is 28.4. The lowest BCUT2D eigenvalue weighted by atomic mass is 10.1. The van der Waals surface area contributed by atoms with E-state index in [0.29, 0.717) is 32.0 Å². The molecule has 35 heavy (non-hydrogen) atoms. The van der Waals surface area contributed by atoms with Gasteiger partial charge in [-0.3, -0.25) is 9.78 Å². The van der Waals surface area contributed by atoms with Crippen molar-refractivity contribution in [1.29, 1.82) is 0 Å². The summed E-state index contributed by atoms with van der Waals surface area (Å²) in [5, 5.41) is 12.2. The van der Waals surface area contributed by atoms with E-state index >= 15 is 0 Å². The summed E-state index contributed by atoms with van der Waals surface area (Å²) < 4.78 is 1.91. The van der Waals surface area contributed by atoms with Gasteiger partial charge in [-0.2, -0.15) is 15.1 Å². The molecule has 3 aromatic heterocycles. The van der Waals surface area contributed by atoms with E-state index in [9.17, 15) is 4.79 Å². The van der Waals surface area contributed by atoms with Crippen LogP contribution in [0.3, 0.4) is 0 Å². The maximum absolute atomic E-state index is 12.6. The predicted octanol–water partition coefficient (Wildman–Crippen LogP) is 3.92. The van der Waals surface area contributed by atoms with Gasteiger partial charge in [-0.05, 0) is 38.1 Å². The molecule has 2 N–H and O–H groups in total. The lowest BCUT2D eigenvalue weighted by Crippen LogP contribution is -2.25. The highest BCUT2D eigenvalue weighted by Crippen LogP contribution is 2.27. The largest absolute Gasteiger partial charge is 0.369 e. The Labute approximate surface area is 204 Å². The molecule has 1 atom stereocenters. The van der Waals surface area contributed by atoms with Crippen molar-refractivity contribution in [3.05, 3.63) is 66.6 Å². The second-order valence-corrected chi connectivity index (χ2v) is 9.10. The normalized spacial score (nSPS) is 15.8. The Kier molecular flexibility index (Phi) is 6.56. The van der Waals surface area contributed by atoms with Crippen LogP contribution < -0.4 is 15.5 Å². The van der Waals surface area contributed by atoms with Gasteiger partial charge < -0.3 is 15.5 Å². The first-order valence-electron chi connectivity index (χ1n) is 12.1. The van der Waals surface area contributed by atoms with Crippen molar-refractivity contribution in [1.82, 2.24) is 24.7 Å². The highest BCUT2D eigenvalue weighted by Gasteiger charge is 2.30. The SMILES string of the molecule is CC(C)n1ncc2c(NCC3CC(=O)N(c4ccccc4)C3)nc(NCCc3ccccn3)nc21. The van der Waals surface area contributed by atoms with Crippen LogP contribution in [0.2, 0.25) is 0 Å². The smallest absolute Gasteiger partial charge is 0.227 e. The molecule has 9 nitrogen and oxygen atoms in total. The van der Waals surface area contributed by atoms with Crippen LogP contribution in [-0.2, 0) is 11.2 Å². The van der Waals surface area contributed by atoms with Crippen molar-refractivity contribution >= 4 is 34.4 Å². The van der Waals surface area contributed by atoms with Crippen molar-refractivity contribution in [2.45, 2.75) is 32.7 Å². The van der Waals surface area contributed by atoms with Gasteiger partial charge in [-0.15, -0.1) is 0 Å². The van der Waals surface area contributed by atoms with Crippen molar-refractivity contribution in [2.75, 3.05) is 35.2 Å². The number of para-hydroxylation sites is 1. The molecule has 0 spiro atoms. The number of carbonyl (C=O) groups excluding carboxylic acids is 1. The predicted molar refractivity (Wildman–Crippen MR) is 138 cm³/mol. The number of aromatic nitrogens is 5. The van der Waals surface area contributed by atoms with Crippen LogP contribution in [-0.4, -0.2) is 50.3 Å². The van der Waals surface area contributed by atoms with Gasteiger partial charge in [0.25, 0.3) is 0 Å². The van der Waals surface area contributed by atoms with E-state index in [-0.39, 0.29) is 17.9 Å². The molecule has 9 heteroatoms. The number of benzene rings is 1. The second kappa shape index (κ2) is 10.1. The first kappa shape index (κ1) is 22.8. The van der Waals surface area contributed by atoms with E-state index in [4.69, 9.17) is 9.97 Å². The van der Waals surface area contributed by atoms with Crippen molar-refractivity contribution in [3.8, 4) is 0 Å². The molecule has 1 saturated heterocycles. The fraction of sp³-hybridized carbons (Fsp3) is 0.346. The summed E-state index contributed by atoms with van der Waals surface area (Å²) in [7, 11) is 0. The van der Waals surface area contributed by atoms with Crippen LogP contribution in [0.1, 0.15) is 32.0 Å². The third-order valence-corrected chi connectivity index (χ3v) is 6.16. The maximum Gasteiger partial charge on any atom is 0.227 e. The number of amides is 1. The molecule has 0 saturated carbocycles. The minimum atomic E-state index is 0.153. The monoisotopic (exact) mass is 470 g/mol. The van der Waals surface area contributed by atoms with Crippen LogP contribution in [0.25, 0.3) is 11.0 Å². The fourth-order valence-electron chi connectivity index (χ4n) is 4.38. The zero-order valence-electron chi connectivity index (χ0n) is 20.1. The number of hydrogen-bond acceptors (Lipinski definition) is 7. The molecule has 1 aliphatic heterocycles. The van der Waals surface area contributed by atoms with E-state index in [0.717, 1.165) is 34.7 Å². The Morgan fingerprint density at radius 2 is 1.89 bits per heavy atom. The summed E-state index contributed by atoms with van der Waals surface area (Å²) in [6.45, 7) is 6.16. The number of rotatable bonds is 9. The Morgan fingerprint density at radius 1 is 1.06 bits per heavy atom. The van der Waals surface area contributed by atoms with Gasteiger partial charge in [-0.1, -0.05) is 24.3 Å². The van der Waals surface area contributed by atoms with Crippen LogP contribution in [0.4, 0.5) is 17.5 Å². The summed E-state index contributed by atoms with van der Waals surface area (Å²) in [5.74, 6) is 1.62. The molecule has 1 aliphatic rings. The molecule has 5 rings (SSSR count). The quantitative estimate of drug-likeness (QED) is 0.382. The number of nitrogens with zero attached hydrogens (tertiary/aromatic N) is 6. The standard InChI is InChI=1S/C26H30N8O/c1-18(2)34-25-22(16-30-34)24(31-26(32-25)28-13-11-20-8-6-7-12-27-20)29-15-19-14-23(35)33(17-19)21-9-4-3-5-10-21/h3-10,12,16,18-19H,11,13-15,17H2,1-2H3,(H2,28,29,31,32). The molecular weight excluding hydrogens is 440 g/mol. The molecule has 1 aromatic carbocycles. The summed E-state index contributed by atoms with van der Waals surface area (Å²) >= 11 is 0. The third kappa shape index (κ3) is 5.08. The first-order valence-corrected chi connectivity index (χ1v) is 12.1. The Bertz CT molecular complexity index is 1290. The average molecular weight is 471 g/mol. The van der Waals surface area contributed by atoms with E-state index in [2.05, 4.69) is 34.6 Å². The van der Waals surface area contributed by atoms with Crippen molar-refractivity contribution in [3.63, 3.8) is 0 Å². The number of anilines is 3. The van der Waals surface area contributed by atoms with Gasteiger partial charge in [0, 0.05) is 62.0 Å². The molecule has 0 aliphatic carbocycles. The van der Waals surface area contributed by atoms with Gasteiger partial charge in [0.15, 0.2) is 5.65 Å². The number of hydrogen-bond donors (Lipinski definition) is 2. The van der Waals surface area contributed by atoms with Gasteiger partial charge in [0.2, 0.25) is 11.9 Å².